The lowest BCUT2D eigenvalue weighted by Crippen LogP contribution is -2.34. The average molecular weight is 412 g/mol. The summed E-state index contributed by atoms with van der Waals surface area (Å²) >= 11 is 2.66. The Labute approximate surface area is 169 Å². The number of nitriles is 1. The minimum atomic E-state index is -0.559. The first-order valence-corrected chi connectivity index (χ1v) is 10.1. The summed E-state index contributed by atoms with van der Waals surface area (Å²) in [7, 11) is 0. The number of allylic oxidation sites excluding steroid dienone is 1. The van der Waals surface area contributed by atoms with Crippen molar-refractivity contribution in [2.75, 3.05) is 0 Å². The van der Waals surface area contributed by atoms with E-state index in [1.54, 1.807) is 24.3 Å². The fraction of sp³-hybridized carbons (Fsp3) is 0.150. The summed E-state index contributed by atoms with van der Waals surface area (Å²) in [5.74, 6) is 0.0133. The predicted octanol–water partition coefficient (Wildman–Crippen LogP) is 1.88. The second kappa shape index (κ2) is 8.69. The van der Waals surface area contributed by atoms with Crippen molar-refractivity contribution >= 4 is 40.2 Å². The highest BCUT2D eigenvalue weighted by Crippen LogP contribution is 2.15. The van der Waals surface area contributed by atoms with Gasteiger partial charge in [0.05, 0.1) is 17.3 Å². The van der Waals surface area contributed by atoms with E-state index in [1.165, 1.54) is 22.2 Å². The molecule has 1 amide bonds. The molecule has 0 aliphatic heterocycles. The number of furan rings is 1. The fourth-order valence-corrected chi connectivity index (χ4v) is 4.54. The smallest absolute Gasteiger partial charge is 0.269 e. The molecule has 1 N–H and O–H groups in total. The van der Waals surface area contributed by atoms with Crippen molar-refractivity contribution in [1.82, 2.24) is 9.88 Å². The Bertz CT molecular complexity index is 1220. The number of carbonyl (C=O) groups is 1. The zero-order valence-corrected chi connectivity index (χ0v) is 16.7. The third-order valence-electron chi connectivity index (χ3n) is 3.94. The summed E-state index contributed by atoms with van der Waals surface area (Å²) < 4.78 is 7.36. The molecule has 3 aromatic rings. The molecule has 6 nitrogen and oxygen atoms in total. The van der Waals surface area contributed by atoms with Crippen LogP contribution in [0, 0.1) is 18.3 Å². The summed E-state index contributed by atoms with van der Waals surface area (Å²) in [4.78, 5) is 26.4. The van der Waals surface area contributed by atoms with Crippen LogP contribution in [0.3, 0.4) is 0 Å². The summed E-state index contributed by atoms with van der Waals surface area (Å²) in [6.07, 6.45) is 4.87. The quantitative estimate of drug-likeness (QED) is 0.628. The predicted molar refractivity (Wildman–Crippen MR) is 110 cm³/mol. The maximum atomic E-state index is 12.8. The van der Waals surface area contributed by atoms with Gasteiger partial charge >= 0.3 is 0 Å². The van der Waals surface area contributed by atoms with E-state index in [0.29, 0.717) is 15.0 Å². The minimum Gasteiger partial charge on any atom is -0.467 e. The van der Waals surface area contributed by atoms with Crippen LogP contribution in [0.25, 0.3) is 11.6 Å². The van der Waals surface area contributed by atoms with Crippen molar-refractivity contribution in [1.29, 1.82) is 5.26 Å². The molecule has 3 heterocycles. The van der Waals surface area contributed by atoms with Crippen LogP contribution in [0.15, 0.2) is 51.7 Å². The number of amides is 1. The van der Waals surface area contributed by atoms with Crippen LogP contribution in [0.4, 0.5) is 0 Å². The Kier molecular flexibility index (Phi) is 6.09. The Morgan fingerprint density at radius 1 is 1.46 bits per heavy atom. The van der Waals surface area contributed by atoms with E-state index in [0.717, 1.165) is 21.8 Å². The van der Waals surface area contributed by atoms with Crippen molar-refractivity contribution in [2.24, 2.45) is 0 Å². The van der Waals surface area contributed by atoms with Gasteiger partial charge < -0.3 is 9.73 Å². The van der Waals surface area contributed by atoms with Gasteiger partial charge in [-0.15, -0.1) is 29.3 Å². The van der Waals surface area contributed by atoms with Crippen LogP contribution < -0.4 is 20.1 Å². The third-order valence-corrected chi connectivity index (χ3v) is 6.04. The number of nitrogens with one attached hydrogen (secondary N) is 1. The Hall–Kier alpha value is -3.15. The molecule has 0 fully saturated rings. The summed E-state index contributed by atoms with van der Waals surface area (Å²) in [5, 5.41) is 14.2. The zero-order chi connectivity index (χ0) is 20.1. The molecule has 28 heavy (non-hydrogen) atoms. The van der Waals surface area contributed by atoms with E-state index in [1.807, 2.05) is 24.4 Å². The molecule has 0 atom stereocenters. The van der Waals surface area contributed by atoms with Gasteiger partial charge in [-0.2, -0.15) is 5.26 Å². The van der Waals surface area contributed by atoms with Crippen LogP contribution in [-0.4, -0.2) is 10.5 Å². The van der Waals surface area contributed by atoms with Gasteiger partial charge in [0.15, 0.2) is 5.57 Å². The molecule has 0 unspecified atom stereocenters. The molecule has 0 aliphatic rings. The maximum Gasteiger partial charge on any atom is 0.269 e. The second-order valence-corrected chi connectivity index (χ2v) is 7.82. The number of hydrogen-bond donors (Lipinski definition) is 1. The summed E-state index contributed by atoms with van der Waals surface area (Å²) in [6, 6.07) is 7.35. The number of hydrogen-bond acceptors (Lipinski definition) is 6. The maximum absolute atomic E-state index is 12.8. The van der Waals surface area contributed by atoms with Crippen molar-refractivity contribution < 1.29 is 9.21 Å². The van der Waals surface area contributed by atoms with E-state index in [-0.39, 0.29) is 24.2 Å². The summed E-state index contributed by atoms with van der Waals surface area (Å²) in [5.41, 5.74) is 0.702. The van der Waals surface area contributed by atoms with E-state index in [4.69, 9.17) is 4.42 Å². The lowest BCUT2D eigenvalue weighted by molar-refractivity contribution is -0.115. The second-order valence-electron chi connectivity index (χ2n) is 5.84. The Morgan fingerprint density at radius 2 is 2.29 bits per heavy atom. The molecule has 0 aromatic carbocycles. The van der Waals surface area contributed by atoms with Crippen molar-refractivity contribution in [2.45, 2.75) is 20.0 Å². The number of thiophene rings is 1. The van der Waals surface area contributed by atoms with Gasteiger partial charge in [-0.25, -0.2) is 0 Å². The highest BCUT2D eigenvalue weighted by atomic mass is 32.1. The van der Waals surface area contributed by atoms with Crippen molar-refractivity contribution in [3.8, 4) is 6.07 Å². The lowest BCUT2D eigenvalue weighted by atomic mass is 10.3. The fourth-order valence-electron chi connectivity index (χ4n) is 2.52. The lowest BCUT2D eigenvalue weighted by Gasteiger charge is -2.02. The molecule has 0 saturated carbocycles. The third kappa shape index (κ3) is 4.06. The van der Waals surface area contributed by atoms with Gasteiger partial charge in [-0.05, 0) is 42.1 Å². The van der Waals surface area contributed by atoms with Crippen LogP contribution in [0.2, 0.25) is 0 Å². The first-order chi connectivity index (χ1) is 13.5. The number of aromatic nitrogens is 1. The number of nitrogens with zero attached hydrogens (tertiary/aromatic N) is 2. The minimum absolute atomic E-state index is 0.113. The molecular formula is C20H17N3O3S2. The van der Waals surface area contributed by atoms with Crippen LogP contribution in [0.5, 0.6) is 0 Å². The normalized spacial score (nSPS) is 12.5. The molecule has 0 spiro atoms. The molecule has 8 heteroatoms. The van der Waals surface area contributed by atoms with Crippen LogP contribution >= 0.6 is 22.7 Å². The number of thiazole rings is 1. The van der Waals surface area contributed by atoms with Crippen LogP contribution in [0.1, 0.15) is 16.2 Å². The van der Waals surface area contributed by atoms with Crippen molar-refractivity contribution in [3.05, 3.63) is 78.2 Å². The number of carbonyl (C=O) groups excluding carboxylic acids is 1. The van der Waals surface area contributed by atoms with E-state index in [9.17, 15) is 14.9 Å². The van der Waals surface area contributed by atoms with Crippen LogP contribution in [-0.2, 0) is 17.9 Å². The molecule has 0 radical (unpaired) electrons. The largest absolute Gasteiger partial charge is 0.467 e. The van der Waals surface area contributed by atoms with Gasteiger partial charge in [0, 0.05) is 11.4 Å². The first kappa shape index (κ1) is 19.6. The zero-order valence-electron chi connectivity index (χ0n) is 15.1. The van der Waals surface area contributed by atoms with E-state index < -0.39 is 5.91 Å². The molecular weight excluding hydrogens is 394 g/mol. The molecule has 3 rings (SSSR count). The van der Waals surface area contributed by atoms with Gasteiger partial charge in [-0.3, -0.25) is 14.2 Å². The van der Waals surface area contributed by atoms with Gasteiger partial charge in [0.2, 0.25) is 0 Å². The number of aryl methyl sites for hydroxylation is 1. The number of rotatable bonds is 6. The summed E-state index contributed by atoms with van der Waals surface area (Å²) in [6.45, 7) is 6.00. The average Bonchev–Trinajstić information content (AvgIpc) is 3.40. The standard InChI is InChI=1S/C20H17N3O3S2/c1-3-7-23-19(25)17(10-16-13(2)6-9-27-16)28-20(23)15(11-21)18(24)22-12-14-5-4-8-26-14/h3-6,8-10H,1,7,12H2,2H3,(H,22,24)/b17-10+,20-15+. The van der Waals surface area contributed by atoms with Gasteiger partial charge in [-0.1, -0.05) is 6.08 Å². The van der Waals surface area contributed by atoms with E-state index in [2.05, 4.69) is 11.9 Å². The topological polar surface area (TPSA) is 88.0 Å². The molecule has 142 valence electrons. The Balaban J connectivity index is 2.10. The Morgan fingerprint density at radius 3 is 2.89 bits per heavy atom. The monoisotopic (exact) mass is 411 g/mol. The highest BCUT2D eigenvalue weighted by molar-refractivity contribution is 7.11. The molecule has 0 bridgehead atoms. The molecule has 0 saturated heterocycles. The molecule has 0 aliphatic carbocycles. The highest BCUT2D eigenvalue weighted by Gasteiger charge is 2.16. The molecule has 3 aromatic heterocycles. The SMILES string of the molecule is C=CCn1c(=O)/c(=C\c2sccc2C)s/c1=C(\C#N)C(=O)NCc1ccco1. The first-order valence-electron chi connectivity index (χ1n) is 8.36. The van der Waals surface area contributed by atoms with Gasteiger partial charge in [0.25, 0.3) is 11.5 Å². The van der Waals surface area contributed by atoms with E-state index >= 15 is 0 Å². The van der Waals surface area contributed by atoms with Gasteiger partial charge in [0.1, 0.15) is 16.5 Å². The van der Waals surface area contributed by atoms with Crippen molar-refractivity contribution in [3.63, 3.8) is 0 Å².